The molecule has 194 valence electrons. The largest absolute Gasteiger partial charge is 0.350 e. The summed E-state index contributed by atoms with van der Waals surface area (Å²) in [4.78, 5) is 40.0. The van der Waals surface area contributed by atoms with Gasteiger partial charge in [-0.05, 0) is 65.8 Å². The molecule has 1 saturated carbocycles. The summed E-state index contributed by atoms with van der Waals surface area (Å²) in [6.07, 6.45) is 4.02. The van der Waals surface area contributed by atoms with Crippen molar-refractivity contribution in [2.75, 3.05) is 10.2 Å². The van der Waals surface area contributed by atoms with Crippen molar-refractivity contribution in [2.24, 2.45) is 7.05 Å². The molecule has 38 heavy (non-hydrogen) atoms. The molecule has 0 bridgehead atoms. The number of anilines is 3. The molecule has 0 radical (unpaired) electrons. The van der Waals surface area contributed by atoms with Gasteiger partial charge in [-0.15, -0.1) is 6.58 Å². The maximum absolute atomic E-state index is 15.5. The summed E-state index contributed by atoms with van der Waals surface area (Å²) in [6.45, 7) is 3.68. The molecule has 4 aromatic rings. The first kappa shape index (κ1) is 25.8. The van der Waals surface area contributed by atoms with E-state index >= 15 is 4.39 Å². The molecule has 0 aliphatic heterocycles. The predicted molar refractivity (Wildman–Crippen MR) is 151 cm³/mol. The molecule has 11 heteroatoms. The van der Waals surface area contributed by atoms with E-state index in [-0.39, 0.29) is 34.9 Å². The Morgan fingerprint density at radius 1 is 1.18 bits per heavy atom. The fraction of sp³-hybridized carbons (Fsp3) is 0.185. The van der Waals surface area contributed by atoms with E-state index in [0.717, 1.165) is 28.5 Å². The van der Waals surface area contributed by atoms with E-state index in [0.29, 0.717) is 14.8 Å². The van der Waals surface area contributed by atoms with Gasteiger partial charge in [0.05, 0.1) is 28.8 Å². The first-order valence-corrected chi connectivity index (χ1v) is 12.8. The van der Waals surface area contributed by atoms with Gasteiger partial charge in [-0.25, -0.2) is 9.07 Å². The SMILES string of the molecule is C=CCn1nc(-c2cccc(N(C=O)C3CC3)c2)c2c(c(Nc3ccc(I)cc3F)c(F)c(=O)n2C)c1=O. The van der Waals surface area contributed by atoms with Crippen LogP contribution in [-0.2, 0) is 18.4 Å². The van der Waals surface area contributed by atoms with Crippen LogP contribution in [0, 0.1) is 15.2 Å². The third-order valence-corrected chi connectivity index (χ3v) is 7.06. The molecule has 0 unspecified atom stereocenters. The summed E-state index contributed by atoms with van der Waals surface area (Å²) in [5, 5.41) is 6.97. The quantitative estimate of drug-likeness (QED) is 0.174. The van der Waals surface area contributed by atoms with Gasteiger partial charge in [0.1, 0.15) is 11.5 Å². The number of pyridine rings is 1. The highest BCUT2D eigenvalue weighted by molar-refractivity contribution is 14.1. The number of hydrogen-bond donors (Lipinski definition) is 1. The predicted octanol–water partition coefficient (Wildman–Crippen LogP) is 4.70. The van der Waals surface area contributed by atoms with E-state index in [1.54, 1.807) is 35.2 Å². The van der Waals surface area contributed by atoms with Crippen LogP contribution in [0.1, 0.15) is 12.8 Å². The third-order valence-electron chi connectivity index (χ3n) is 6.39. The molecular formula is C27H22F2IN5O3. The van der Waals surface area contributed by atoms with Crippen LogP contribution in [0.5, 0.6) is 0 Å². The Bertz CT molecular complexity index is 1730. The van der Waals surface area contributed by atoms with Gasteiger partial charge < -0.3 is 14.8 Å². The minimum absolute atomic E-state index is 0.00575. The number of nitrogens with one attached hydrogen (secondary N) is 1. The monoisotopic (exact) mass is 629 g/mol. The topological polar surface area (TPSA) is 89.2 Å². The van der Waals surface area contributed by atoms with E-state index in [9.17, 15) is 18.8 Å². The van der Waals surface area contributed by atoms with Gasteiger partial charge in [-0.2, -0.15) is 9.49 Å². The highest BCUT2D eigenvalue weighted by Gasteiger charge is 2.30. The number of allylic oxidation sites excluding steroid dienone is 1. The average Bonchev–Trinajstić information content (AvgIpc) is 3.74. The lowest BCUT2D eigenvalue weighted by molar-refractivity contribution is -0.107. The fourth-order valence-electron chi connectivity index (χ4n) is 4.39. The number of carbonyl (C=O) groups excluding carboxylic acids is 1. The number of nitrogens with zero attached hydrogens (tertiary/aromatic N) is 4. The van der Waals surface area contributed by atoms with Gasteiger partial charge >= 0.3 is 0 Å². The van der Waals surface area contributed by atoms with Crippen molar-refractivity contribution in [1.29, 1.82) is 0 Å². The minimum Gasteiger partial charge on any atom is -0.350 e. The normalized spacial score (nSPS) is 12.9. The summed E-state index contributed by atoms with van der Waals surface area (Å²) in [7, 11) is 1.34. The summed E-state index contributed by atoms with van der Waals surface area (Å²) in [5.74, 6) is -1.90. The first-order chi connectivity index (χ1) is 18.2. The van der Waals surface area contributed by atoms with Crippen LogP contribution in [0.2, 0.25) is 0 Å². The zero-order valence-corrected chi connectivity index (χ0v) is 22.4. The molecule has 1 amide bonds. The lowest BCUT2D eigenvalue weighted by Crippen LogP contribution is -2.30. The van der Waals surface area contributed by atoms with Crippen LogP contribution in [0.4, 0.5) is 25.8 Å². The number of carbonyl (C=O) groups is 1. The number of aryl methyl sites for hydroxylation is 1. The smallest absolute Gasteiger partial charge is 0.289 e. The summed E-state index contributed by atoms with van der Waals surface area (Å²) in [5.41, 5.74) is -0.826. The van der Waals surface area contributed by atoms with Crippen LogP contribution in [0.25, 0.3) is 22.2 Å². The standard InChI is InChI=1S/C27H22F2IN5O3/c1-3-11-35-26(37)21-24(31-20-10-7-16(30)13-19(20)28)22(29)27(38)33(2)25(21)23(32-35)15-5-4-6-18(12-15)34(14-36)17-8-9-17/h3-7,10,12-14,17,31H,1,8-9,11H2,2H3. The Balaban J connectivity index is 1.83. The maximum atomic E-state index is 15.5. The number of aromatic nitrogens is 3. The Morgan fingerprint density at radius 3 is 2.61 bits per heavy atom. The Kier molecular flexibility index (Phi) is 6.86. The molecule has 1 fully saturated rings. The number of benzene rings is 2. The molecule has 0 spiro atoms. The van der Waals surface area contributed by atoms with Gasteiger partial charge in [0, 0.05) is 27.9 Å². The second-order valence-corrected chi connectivity index (χ2v) is 10.2. The third kappa shape index (κ3) is 4.51. The Labute approximate surface area is 229 Å². The van der Waals surface area contributed by atoms with E-state index in [1.165, 1.54) is 25.3 Å². The Morgan fingerprint density at radius 2 is 1.95 bits per heavy atom. The number of rotatable bonds is 8. The molecule has 1 aliphatic rings. The molecular weight excluding hydrogens is 607 g/mol. The average molecular weight is 629 g/mol. The fourth-order valence-corrected chi connectivity index (χ4v) is 4.84. The van der Waals surface area contributed by atoms with Crippen LogP contribution in [-0.4, -0.2) is 26.8 Å². The van der Waals surface area contributed by atoms with Crippen LogP contribution in [0.15, 0.2) is 64.7 Å². The van der Waals surface area contributed by atoms with Crippen molar-refractivity contribution >= 4 is 57.0 Å². The zero-order valence-electron chi connectivity index (χ0n) is 20.2. The van der Waals surface area contributed by atoms with Gasteiger partial charge in [0.2, 0.25) is 12.2 Å². The van der Waals surface area contributed by atoms with Crippen LogP contribution >= 0.6 is 22.6 Å². The molecule has 1 aliphatic carbocycles. The second kappa shape index (κ2) is 10.1. The first-order valence-electron chi connectivity index (χ1n) is 11.8. The Hall–Kier alpha value is -3.87. The number of fused-ring (bicyclic) bond motifs is 1. The van der Waals surface area contributed by atoms with Crippen molar-refractivity contribution in [2.45, 2.75) is 25.4 Å². The molecule has 5 rings (SSSR count). The highest BCUT2D eigenvalue weighted by atomic mass is 127. The van der Waals surface area contributed by atoms with E-state index in [4.69, 9.17) is 0 Å². The maximum Gasteiger partial charge on any atom is 0.289 e. The number of hydrogen-bond acceptors (Lipinski definition) is 5. The van der Waals surface area contributed by atoms with Crippen molar-refractivity contribution in [3.8, 4) is 11.3 Å². The van der Waals surface area contributed by atoms with Crippen molar-refractivity contribution < 1.29 is 13.6 Å². The van der Waals surface area contributed by atoms with Gasteiger partial charge in [0.15, 0.2) is 0 Å². The molecule has 2 heterocycles. The molecule has 2 aromatic carbocycles. The van der Waals surface area contributed by atoms with Crippen molar-refractivity contribution in [3.05, 3.63) is 91.0 Å². The highest BCUT2D eigenvalue weighted by Crippen LogP contribution is 2.35. The summed E-state index contributed by atoms with van der Waals surface area (Å²) in [6, 6.07) is 11.4. The van der Waals surface area contributed by atoms with Crippen LogP contribution in [0.3, 0.4) is 0 Å². The number of amides is 1. The van der Waals surface area contributed by atoms with Crippen LogP contribution < -0.4 is 21.3 Å². The van der Waals surface area contributed by atoms with Gasteiger partial charge in [-0.3, -0.25) is 14.4 Å². The van der Waals surface area contributed by atoms with Gasteiger partial charge in [0.25, 0.3) is 11.1 Å². The molecule has 0 saturated heterocycles. The second-order valence-electron chi connectivity index (χ2n) is 8.94. The van der Waals surface area contributed by atoms with Crippen molar-refractivity contribution in [3.63, 3.8) is 0 Å². The lowest BCUT2D eigenvalue weighted by Gasteiger charge is -2.19. The lowest BCUT2D eigenvalue weighted by atomic mass is 10.1. The number of halogens is 3. The van der Waals surface area contributed by atoms with E-state index < -0.39 is 28.4 Å². The van der Waals surface area contributed by atoms with Crippen molar-refractivity contribution in [1.82, 2.24) is 14.3 Å². The van der Waals surface area contributed by atoms with Gasteiger partial charge in [-0.1, -0.05) is 18.2 Å². The molecule has 2 aromatic heterocycles. The molecule has 0 atom stereocenters. The van der Waals surface area contributed by atoms with E-state index in [1.807, 2.05) is 22.6 Å². The zero-order chi connectivity index (χ0) is 27.1. The minimum atomic E-state index is -1.23. The molecule has 1 N–H and O–H groups in total. The molecule has 8 nitrogen and oxygen atoms in total. The van der Waals surface area contributed by atoms with E-state index in [2.05, 4.69) is 17.0 Å². The summed E-state index contributed by atoms with van der Waals surface area (Å²) < 4.78 is 32.9. The summed E-state index contributed by atoms with van der Waals surface area (Å²) >= 11 is 1.94.